The summed E-state index contributed by atoms with van der Waals surface area (Å²) in [5, 5.41) is 3.29. The molecule has 0 saturated carbocycles. The lowest BCUT2D eigenvalue weighted by molar-refractivity contribution is -0.205. The first kappa shape index (κ1) is 18.8. The largest absolute Gasteiger partial charge is 0.440 e. The first-order chi connectivity index (χ1) is 11.4. The number of hydrogen-bond donors (Lipinski definition) is 2. The van der Waals surface area contributed by atoms with E-state index in [-0.39, 0.29) is 6.54 Å². The number of carbonyl (C=O) groups is 3. The van der Waals surface area contributed by atoms with Gasteiger partial charge in [-0.3, -0.25) is 19.8 Å². The summed E-state index contributed by atoms with van der Waals surface area (Å²) in [6, 6.07) is 6.88. The van der Waals surface area contributed by atoms with Crippen molar-refractivity contribution >= 4 is 17.8 Å². The maximum absolute atomic E-state index is 13.6. The van der Waals surface area contributed by atoms with Crippen molar-refractivity contribution in [3.8, 4) is 0 Å². The standard InChI is InChI=1S/C16H18F3N3O3/c1-14(2,3)11(23)20-15(16(17,18)19)12(24)22(13(25)21-15)9-10-7-5-4-6-8-10/h4-8H,9H2,1-3H3,(H,20,23)(H,21,25)/t15-/m1/s1. The molecule has 1 saturated heterocycles. The van der Waals surface area contributed by atoms with Gasteiger partial charge >= 0.3 is 12.2 Å². The number of amides is 4. The van der Waals surface area contributed by atoms with Gasteiger partial charge in [0.15, 0.2) is 0 Å². The Morgan fingerprint density at radius 2 is 1.72 bits per heavy atom. The Labute approximate surface area is 142 Å². The smallest absolute Gasteiger partial charge is 0.317 e. The van der Waals surface area contributed by atoms with Gasteiger partial charge in [0.05, 0.1) is 6.54 Å². The highest BCUT2D eigenvalue weighted by atomic mass is 19.4. The third kappa shape index (κ3) is 3.45. The van der Waals surface area contributed by atoms with Crippen LogP contribution in [0.25, 0.3) is 0 Å². The van der Waals surface area contributed by atoms with Crippen molar-refractivity contribution < 1.29 is 27.6 Å². The first-order valence-electron chi connectivity index (χ1n) is 7.46. The van der Waals surface area contributed by atoms with Crippen molar-refractivity contribution in [3.63, 3.8) is 0 Å². The number of benzene rings is 1. The number of urea groups is 1. The molecule has 6 nitrogen and oxygen atoms in total. The van der Waals surface area contributed by atoms with Gasteiger partial charge in [-0.25, -0.2) is 4.79 Å². The lowest BCUT2D eigenvalue weighted by atomic mass is 9.94. The number of alkyl halides is 3. The highest BCUT2D eigenvalue weighted by Crippen LogP contribution is 2.35. The van der Waals surface area contributed by atoms with E-state index in [2.05, 4.69) is 0 Å². The van der Waals surface area contributed by atoms with Gasteiger partial charge in [0.1, 0.15) is 0 Å². The van der Waals surface area contributed by atoms with Gasteiger partial charge in [-0.2, -0.15) is 13.2 Å². The molecule has 136 valence electrons. The Balaban J connectivity index is 2.37. The maximum atomic E-state index is 13.6. The number of nitrogens with zero attached hydrogens (tertiary/aromatic N) is 1. The van der Waals surface area contributed by atoms with E-state index < -0.39 is 35.1 Å². The summed E-state index contributed by atoms with van der Waals surface area (Å²) in [7, 11) is 0. The average molecular weight is 357 g/mol. The van der Waals surface area contributed by atoms with Crippen LogP contribution in [0.15, 0.2) is 30.3 Å². The fourth-order valence-corrected chi connectivity index (χ4v) is 2.19. The average Bonchev–Trinajstić information content (AvgIpc) is 2.72. The molecule has 9 heteroatoms. The SMILES string of the molecule is CC(C)(C)C(=O)N[C@@]1(C(F)(F)F)NC(=O)N(Cc2ccccc2)C1=O. The zero-order valence-electron chi connectivity index (χ0n) is 13.9. The predicted octanol–water partition coefficient (Wildman–Crippen LogP) is 2.16. The highest BCUT2D eigenvalue weighted by molar-refractivity contribution is 6.09. The molecule has 2 N–H and O–H groups in total. The van der Waals surface area contributed by atoms with Gasteiger partial charge in [0.25, 0.3) is 11.6 Å². The zero-order chi connectivity index (χ0) is 19.0. The quantitative estimate of drug-likeness (QED) is 0.814. The molecule has 0 bridgehead atoms. The lowest BCUT2D eigenvalue weighted by Gasteiger charge is -2.32. The van der Waals surface area contributed by atoms with Gasteiger partial charge in [-0.15, -0.1) is 0 Å². The van der Waals surface area contributed by atoms with Crippen LogP contribution in [0.3, 0.4) is 0 Å². The molecule has 0 aromatic heterocycles. The second-order valence-corrected chi connectivity index (χ2v) is 6.76. The fourth-order valence-electron chi connectivity index (χ4n) is 2.19. The molecule has 0 unspecified atom stereocenters. The molecule has 1 aromatic carbocycles. The zero-order valence-corrected chi connectivity index (χ0v) is 13.9. The van der Waals surface area contributed by atoms with Crippen molar-refractivity contribution in [2.45, 2.75) is 39.2 Å². The van der Waals surface area contributed by atoms with E-state index >= 15 is 0 Å². The Kier molecular flexibility index (Phi) is 4.54. The third-order valence-corrected chi connectivity index (χ3v) is 3.70. The van der Waals surface area contributed by atoms with E-state index in [1.165, 1.54) is 20.8 Å². The Morgan fingerprint density at radius 3 is 2.20 bits per heavy atom. The normalized spacial score (nSPS) is 21.3. The first-order valence-corrected chi connectivity index (χ1v) is 7.46. The number of halogens is 3. The topological polar surface area (TPSA) is 78.5 Å². The minimum atomic E-state index is -5.20. The third-order valence-electron chi connectivity index (χ3n) is 3.70. The van der Waals surface area contributed by atoms with Crippen molar-refractivity contribution in [3.05, 3.63) is 35.9 Å². The molecule has 4 amide bonds. The molecule has 0 spiro atoms. The summed E-state index contributed by atoms with van der Waals surface area (Å²) >= 11 is 0. The Hall–Kier alpha value is -2.58. The van der Waals surface area contributed by atoms with E-state index in [1.807, 2.05) is 0 Å². The molecule has 1 heterocycles. The van der Waals surface area contributed by atoms with Crippen molar-refractivity contribution in [2.24, 2.45) is 5.41 Å². The second kappa shape index (κ2) is 6.05. The fraction of sp³-hybridized carbons (Fsp3) is 0.438. The molecule has 2 rings (SSSR count). The Morgan fingerprint density at radius 1 is 1.16 bits per heavy atom. The van der Waals surface area contributed by atoms with Crippen molar-refractivity contribution in [1.29, 1.82) is 0 Å². The van der Waals surface area contributed by atoms with Crippen LogP contribution in [-0.4, -0.2) is 34.6 Å². The van der Waals surface area contributed by atoms with Gasteiger partial charge in [0, 0.05) is 5.41 Å². The molecule has 0 radical (unpaired) electrons. The number of rotatable bonds is 3. The second-order valence-electron chi connectivity index (χ2n) is 6.76. The number of carbonyl (C=O) groups excluding carboxylic acids is 3. The van der Waals surface area contributed by atoms with E-state index in [4.69, 9.17) is 0 Å². The number of nitrogens with one attached hydrogen (secondary N) is 2. The van der Waals surface area contributed by atoms with Crippen molar-refractivity contribution in [2.75, 3.05) is 0 Å². The molecule has 0 aliphatic carbocycles. The summed E-state index contributed by atoms with van der Waals surface area (Å²) in [5.74, 6) is -2.58. The van der Waals surface area contributed by atoms with Crippen LogP contribution in [-0.2, 0) is 16.1 Å². The summed E-state index contributed by atoms with van der Waals surface area (Å²) in [6.07, 6.45) is -5.20. The lowest BCUT2D eigenvalue weighted by Crippen LogP contribution is -2.70. The minimum absolute atomic E-state index is 0.339. The van der Waals surface area contributed by atoms with Gasteiger partial charge in [0.2, 0.25) is 5.91 Å². The highest BCUT2D eigenvalue weighted by Gasteiger charge is 2.69. The summed E-state index contributed by atoms with van der Waals surface area (Å²) in [6.45, 7) is 3.86. The molecule has 25 heavy (non-hydrogen) atoms. The van der Waals surface area contributed by atoms with Gasteiger partial charge in [-0.05, 0) is 5.56 Å². The molecule has 1 aliphatic rings. The minimum Gasteiger partial charge on any atom is -0.317 e. The van der Waals surface area contributed by atoms with Crippen molar-refractivity contribution in [1.82, 2.24) is 15.5 Å². The van der Waals surface area contributed by atoms with Crippen LogP contribution in [0.4, 0.5) is 18.0 Å². The van der Waals surface area contributed by atoms with Crippen LogP contribution in [0, 0.1) is 5.41 Å². The van der Waals surface area contributed by atoms with E-state index in [1.54, 1.807) is 41.0 Å². The van der Waals surface area contributed by atoms with Gasteiger partial charge in [-0.1, -0.05) is 51.1 Å². The summed E-state index contributed by atoms with van der Waals surface area (Å²) < 4.78 is 40.9. The Bertz CT molecular complexity index is 698. The van der Waals surface area contributed by atoms with Crippen LogP contribution in [0.2, 0.25) is 0 Å². The predicted molar refractivity (Wildman–Crippen MR) is 81.9 cm³/mol. The van der Waals surface area contributed by atoms with Crippen LogP contribution in [0.5, 0.6) is 0 Å². The summed E-state index contributed by atoms with van der Waals surface area (Å²) in [4.78, 5) is 37.0. The number of hydrogen-bond acceptors (Lipinski definition) is 3. The summed E-state index contributed by atoms with van der Waals surface area (Å²) in [5.41, 5.74) is -4.18. The molecular weight excluding hydrogens is 339 g/mol. The van der Waals surface area contributed by atoms with E-state index in [0.717, 1.165) is 0 Å². The van der Waals surface area contributed by atoms with Crippen LogP contribution >= 0.6 is 0 Å². The molecule has 1 aromatic rings. The van der Waals surface area contributed by atoms with Gasteiger partial charge < -0.3 is 5.32 Å². The van der Waals surface area contributed by atoms with Crippen LogP contribution < -0.4 is 10.6 Å². The molecule has 1 atom stereocenters. The molecular formula is C16H18F3N3O3. The maximum Gasteiger partial charge on any atom is 0.440 e. The molecule has 1 fully saturated rings. The number of imide groups is 1. The van der Waals surface area contributed by atoms with Crippen LogP contribution in [0.1, 0.15) is 26.3 Å². The van der Waals surface area contributed by atoms with E-state index in [9.17, 15) is 27.6 Å². The molecule has 1 aliphatic heterocycles. The monoisotopic (exact) mass is 357 g/mol. The van der Waals surface area contributed by atoms with E-state index in [0.29, 0.717) is 10.5 Å².